The highest BCUT2D eigenvalue weighted by Gasteiger charge is 1.99. The van der Waals surface area contributed by atoms with Gasteiger partial charge in [0.2, 0.25) is 5.95 Å². The van der Waals surface area contributed by atoms with Crippen molar-refractivity contribution >= 4 is 5.95 Å². The predicted molar refractivity (Wildman–Crippen MR) is 62.0 cm³/mol. The monoisotopic (exact) mass is 211 g/mol. The zero-order valence-corrected chi connectivity index (χ0v) is 9.86. The minimum atomic E-state index is 0.714. The Balaban J connectivity index is 2.15. The number of nitrogens with zero attached hydrogens (tertiary/aromatic N) is 2. The van der Waals surface area contributed by atoms with Crippen LogP contribution in [0, 0.1) is 5.92 Å². The van der Waals surface area contributed by atoms with Gasteiger partial charge in [-0.2, -0.15) is 0 Å². The lowest BCUT2D eigenvalue weighted by Gasteiger charge is -2.08. The smallest absolute Gasteiger partial charge is 0.202 e. The maximum absolute atomic E-state index is 5.54. The van der Waals surface area contributed by atoms with Crippen molar-refractivity contribution in [3.63, 3.8) is 0 Å². The van der Waals surface area contributed by atoms with Crippen molar-refractivity contribution in [1.29, 1.82) is 0 Å². The molecule has 0 spiro atoms. The maximum atomic E-state index is 5.54. The Bertz CT molecular complexity index is 271. The van der Waals surface area contributed by atoms with E-state index < -0.39 is 0 Å². The minimum Gasteiger partial charge on any atom is -0.380 e. The Morgan fingerprint density at radius 2 is 2.27 bits per heavy atom. The van der Waals surface area contributed by atoms with Crippen LogP contribution in [-0.2, 0) is 11.3 Å². The second-order valence-electron chi connectivity index (χ2n) is 3.99. The van der Waals surface area contributed by atoms with Crippen molar-refractivity contribution in [2.75, 3.05) is 25.6 Å². The molecule has 0 aliphatic carbocycles. The van der Waals surface area contributed by atoms with Crippen LogP contribution in [0.1, 0.15) is 20.3 Å². The Kier molecular flexibility index (Phi) is 5.18. The van der Waals surface area contributed by atoms with Gasteiger partial charge in [0.25, 0.3) is 0 Å². The van der Waals surface area contributed by atoms with E-state index in [9.17, 15) is 0 Å². The standard InChI is InChI=1S/C11H21N3O/c1-10(2)4-8-15-9-7-14-6-5-13-11(14)12-3/h5-6,10H,4,7-9H2,1-3H3,(H,12,13). The Morgan fingerprint density at radius 3 is 2.93 bits per heavy atom. The van der Waals surface area contributed by atoms with Crippen LogP contribution >= 0.6 is 0 Å². The lowest BCUT2D eigenvalue weighted by atomic mass is 10.1. The van der Waals surface area contributed by atoms with Gasteiger partial charge in [-0.05, 0) is 12.3 Å². The molecule has 0 saturated heterocycles. The van der Waals surface area contributed by atoms with E-state index in [2.05, 4.69) is 28.7 Å². The van der Waals surface area contributed by atoms with E-state index in [1.807, 2.05) is 13.2 Å². The van der Waals surface area contributed by atoms with Gasteiger partial charge in [-0.15, -0.1) is 0 Å². The van der Waals surface area contributed by atoms with Crippen LogP contribution in [0.4, 0.5) is 5.95 Å². The third kappa shape index (κ3) is 4.34. The normalized spacial score (nSPS) is 10.9. The summed E-state index contributed by atoms with van der Waals surface area (Å²) in [4.78, 5) is 4.16. The molecule has 15 heavy (non-hydrogen) atoms. The summed E-state index contributed by atoms with van der Waals surface area (Å²) >= 11 is 0. The first-order chi connectivity index (χ1) is 7.24. The van der Waals surface area contributed by atoms with E-state index in [4.69, 9.17) is 4.74 Å². The van der Waals surface area contributed by atoms with E-state index in [1.165, 1.54) is 0 Å². The number of nitrogens with one attached hydrogen (secondary N) is 1. The van der Waals surface area contributed by atoms with Gasteiger partial charge in [-0.25, -0.2) is 4.98 Å². The van der Waals surface area contributed by atoms with Gasteiger partial charge in [-0.1, -0.05) is 13.8 Å². The van der Waals surface area contributed by atoms with Gasteiger partial charge in [0.1, 0.15) is 0 Å². The van der Waals surface area contributed by atoms with Crippen LogP contribution in [0.2, 0.25) is 0 Å². The predicted octanol–water partition coefficient (Wildman–Crippen LogP) is 1.99. The van der Waals surface area contributed by atoms with Crippen molar-refractivity contribution in [3.8, 4) is 0 Å². The van der Waals surface area contributed by atoms with Gasteiger partial charge in [0, 0.05) is 32.6 Å². The molecule has 0 aliphatic rings. The van der Waals surface area contributed by atoms with Gasteiger partial charge in [0.05, 0.1) is 6.61 Å². The molecule has 0 amide bonds. The van der Waals surface area contributed by atoms with Gasteiger partial charge >= 0.3 is 0 Å². The largest absolute Gasteiger partial charge is 0.380 e. The molecule has 1 heterocycles. The molecule has 1 aromatic rings. The van der Waals surface area contributed by atoms with Gasteiger partial charge < -0.3 is 14.6 Å². The number of hydrogen-bond acceptors (Lipinski definition) is 3. The molecular formula is C11H21N3O. The van der Waals surface area contributed by atoms with Crippen molar-refractivity contribution < 1.29 is 4.74 Å². The third-order valence-electron chi connectivity index (χ3n) is 2.26. The van der Waals surface area contributed by atoms with Crippen LogP contribution in [0.3, 0.4) is 0 Å². The molecule has 4 heteroatoms. The van der Waals surface area contributed by atoms with Crippen LogP contribution in [-0.4, -0.2) is 29.8 Å². The summed E-state index contributed by atoms with van der Waals surface area (Å²) in [5.74, 6) is 1.61. The summed E-state index contributed by atoms with van der Waals surface area (Å²) < 4.78 is 7.59. The third-order valence-corrected chi connectivity index (χ3v) is 2.26. The fraction of sp³-hybridized carbons (Fsp3) is 0.727. The molecule has 0 bridgehead atoms. The molecule has 0 saturated carbocycles. The Labute approximate surface area is 91.7 Å². The van der Waals surface area contributed by atoms with E-state index in [0.29, 0.717) is 5.92 Å². The number of aromatic nitrogens is 2. The molecule has 0 unspecified atom stereocenters. The highest BCUT2D eigenvalue weighted by Crippen LogP contribution is 2.03. The Morgan fingerprint density at radius 1 is 1.47 bits per heavy atom. The number of imidazole rings is 1. The summed E-state index contributed by atoms with van der Waals surface area (Å²) in [5, 5.41) is 3.03. The fourth-order valence-electron chi connectivity index (χ4n) is 1.30. The number of rotatable bonds is 7. The number of ether oxygens (including phenoxy) is 1. The highest BCUT2D eigenvalue weighted by atomic mass is 16.5. The molecule has 86 valence electrons. The van der Waals surface area contributed by atoms with E-state index >= 15 is 0 Å². The molecule has 0 fully saturated rings. The second-order valence-corrected chi connectivity index (χ2v) is 3.99. The molecule has 4 nitrogen and oxygen atoms in total. The van der Waals surface area contributed by atoms with E-state index in [-0.39, 0.29) is 0 Å². The molecule has 1 aromatic heterocycles. The molecule has 1 rings (SSSR count). The van der Waals surface area contributed by atoms with Crippen molar-refractivity contribution in [1.82, 2.24) is 9.55 Å². The zero-order valence-electron chi connectivity index (χ0n) is 9.86. The first-order valence-electron chi connectivity index (χ1n) is 5.50. The average Bonchev–Trinajstić information content (AvgIpc) is 2.64. The van der Waals surface area contributed by atoms with Gasteiger partial charge in [-0.3, -0.25) is 0 Å². The van der Waals surface area contributed by atoms with Crippen LogP contribution in [0.25, 0.3) is 0 Å². The van der Waals surface area contributed by atoms with Crippen molar-refractivity contribution in [2.24, 2.45) is 5.92 Å². The zero-order chi connectivity index (χ0) is 11.1. The summed E-state index contributed by atoms with van der Waals surface area (Å²) in [6.45, 7) is 6.87. The first-order valence-corrected chi connectivity index (χ1v) is 5.50. The van der Waals surface area contributed by atoms with Crippen molar-refractivity contribution in [2.45, 2.75) is 26.8 Å². The molecule has 0 aromatic carbocycles. The summed E-state index contributed by atoms with van der Waals surface area (Å²) in [7, 11) is 1.87. The first kappa shape index (κ1) is 12.0. The van der Waals surface area contributed by atoms with Crippen LogP contribution in [0.15, 0.2) is 12.4 Å². The average molecular weight is 211 g/mol. The maximum Gasteiger partial charge on any atom is 0.202 e. The topological polar surface area (TPSA) is 39.1 Å². The molecule has 1 N–H and O–H groups in total. The van der Waals surface area contributed by atoms with E-state index in [0.717, 1.165) is 32.1 Å². The summed E-state index contributed by atoms with van der Waals surface area (Å²) in [6.07, 6.45) is 4.88. The van der Waals surface area contributed by atoms with Gasteiger partial charge in [0.15, 0.2) is 0 Å². The number of hydrogen-bond donors (Lipinski definition) is 1. The lowest BCUT2D eigenvalue weighted by molar-refractivity contribution is 0.116. The molecule has 0 atom stereocenters. The molecule has 0 aliphatic heterocycles. The minimum absolute atomic E-state index is 0.714. The van der Waals surface area contributed by atoms with Crippen LogP contribution in [0.5, 0.6) is 0 Å². The SMILES string of the molecule is CNc1nccn1CCOCCC(C)C. The quantitative estimate of drug-likeness (QED) is 0.701. The second kappa shape index (κ2) is 6.45. The molecule has 0 radical (unpaired) electrons. The number of anilines is 1. The fourth-order valence-corrected chi connectivity index (χ4v) is 1.30. The summed E-state index contributed by atoms with van der Waals surface area (Å²) in [5.41, 5.74) is 0. The van der Waals surface area contributed by atoms with Crippen molar-refractivity contribution in [3.05, 3.63) is 12.4 Å². The highest BCUT2D eigenvalue weighted by molar-refractivity contribution is 5.23. The summed E-state index contributed by atoms with van der Waals surface area (Å²) in [6, 6.07) is 0. The molecular weight excluding hydrogens is 190 g/mol. The van der Waals surface area contributed by atoms with E-state index in [1.54, 1.807) is 6.20 Å². The lowest BCUT2D eigenvalue weighted by Crippen LogP contribution is -2.09. The Hall–Kier alpha value is -1.03. The van der Waals surface area contributed by atoms with Crippen LogP contribution < -0.4 is 5.32 Å².